The predicted molar refractivity (Wildman–Crippen MR) is 93.3 cm³/mol. The summed E-state index contributed by atoms with van der Waals surface area (Å²) < 4.78 is 5.75. The summed E-state index contributed by atoms with van der Waals surface area (Å²) in [5.74, 6) is 2.28. The minimum absolute atomic E-state index is 0.235. The van der Waals surface area contributed by atoms with Gasteiger partial charge in [0.15, 0.2) is 0 Å². The van der Waals surface area contributed by atoms with Gasteiger partial charge in [0.2, 0.25) is 0 Å². The van der Waals surface area contributed by atoms with Gasteiger partial charge in [-0.05, 0) is 63.1 Å². The molecule has 2 unspecified atom stereocenters. The molecule has 21 heavy (non-hydrogen) atoms. The lowest BCUT2D eigenvalue weighted by atomic mass is 9.99. The van der Waals surface area contributed by atoms with Crippen molar-refractivity contribution < 1.29 is 4.74 Å². The zero-order chi connectivity index (χ0) is 15.1. The Balaban J connectivity index is 2.07. The summed E-state index contributed by atoms with van der Waals surface area (Å²) in [6.07, 6.45) is 5.50. The normalized spacial score (nSPS) is 20.5. The lowest BCUT2D eigenvalue weighted by Crippen LogP contribution is -2.32. The maximum atomic E-state index is 5.75. The first kappa shape index (κ1) is 16.7. The van der Waals surface area contributed by atoms with Gasteiger partial charge in [0.25, 0.3) is 0 Å². The van der Waals surface area contributed by atoms with Gasteiger partial charge in [-0.2, -0.15) is 11.8 Å². The molecule has 1 saturated heterocycles. The first-order valence-corrected chi connectivity index (χ1v) is 9.37. The van der Waals surface area contributed by atoms with Crippen molar-refractivity contribution in [3.63, 3.8) is 0 Å². The molecule has 0 spiro atoms. The van der Waals surface area contributed by atoms with Crippen molar-refractivity contribution in [1.82, 2.24) is 5.32 Å². The summed E-state index contributed by atoms with van der Waals surface area (Å²) in [5, 5.41) is 4.46. The molecule has 1 aliphatic rings. The Morgan fingerprint density at radius 1 is 1.24 bits per heavy atom. The zero-order valence-corrected chi connectivity index (χ0v) is 14.4. The molecule has 2 nitrogen and oxygen atoms in total. The van der Waals surface area contributed by atoms with Crippen LogP contribution in [0.15, 0.2) is 24.3 Å². The highest BCUT2D eigenvalue weighted by Crippen LogP contribution is 2.35. The highest BCUT2D eigenvalue weighted by Gasteiger charge is 2.25. The molecule has 118 valence electrons. The number of benzene rings is 1. The van der Waals surface area contributed by atoms with Crippen LogP contribution in [0.4, 0.5) is 0 Å². The summed E-state index contributed by atoms with van der Waals surface area (Å²) in [6, 6.07) is 9.18. The second-order valence-electron chi connectivity index (χ2n) is 6.07. The molecule has 0 bridgehead atoms. The summed E-state index contributed by atoms with van der Waals surface area (Å²) >= 11 is 2.14. The first-order chi connectivity index (χ1) is 10.2. The van der Waals surface area contributed by atoms with Crippen molar-refractivity contribution >= 4 is 11.8 Å². The average Bonchev–Trinajstić information content (AvgIpc) is 2.50. The smallest absolute Gasteiger partial charge is 0.119 e. The van der Waals surface area contributed by atoms with Crippen LogP contribution in [0.1, 0.15) is 58.1 Å². The Morgan fingerprint density at radius 2 is 2.00 bits per heavy atom. The number of rotatable bonds is 7. The third kappa shape index (κ3) is 5.23. The largest absolute Gasteiger partial charge is 0.491 e. The standard InChI is InChI=1S/C18H29NOS/c1-4-12-19-18(17-7-5-6-13-21-17)15-8-10-16(11-9-15)20-14(2)3/h8-11,14,17-19H,4-7,12-13H2,1-3H3. The number of hydrogen-bond acceptors (Lipinski definition) is 3. The first-order valence-electron chi connectivity index (χ1n) is 8.32. The number of ether oxygens (including phenoxy) is 1. The highest BCUT2D eigenvalue weighted by molar-refractivity contribution is 8.00. The molecule has 3 heteroatoms. The summed E-state index contributed by atoms with van der Waals surface area (Å²) in [4.78, 5) is 0. The van der Waals surface area contributed by atoms with Crippen LogP contribution >= 0.6 is 11.8 Å². The fourth-order valence-corrected chi connectivity index (χ4v) is 4.27. The van der Waals surface area contributed by atoms with E-state index in [-0.39, 0.29) is 6.10 Å². The maximum Gasteiger partial charge on any atom is 0.119 e. The monoisotopic (exact) mass is 307 g/mol. The molecule has 0 aliphatic carbocycles. The molecule has 0 radical (unpaired) electrons. The molecular weight excluding hydrogens is 278 g/mol. The Hall–Kier alpha value is -0.670. The van der Waals surface area contributed by atoms with Gasteiger partial charge >= 0.3 is 0 Å². The number of thioether (sulfide) groups is 1. The summed E-state index contributed by atoms with van der Waals surface area (Å²) in [6.45, 7) is 7.46. The van der Waals surface area contributed by atoms with E-state index in [1.54, 1.807) is 0 Å². The molecular formula is C18H29NOS. The lowest BCUT2D eigenvalue weighted by Gasteiger charge is -2.31. The van der Waals surface area contributed by atoms with Crippen molar-refractivity contribution in [1.29, 1.82) is 0 Å². The van der Waals surface area contributed by atoms with Gasteiger partial charge in [-0.25, -0.2) is 0 Å². The molecule has 2 atom stereocenters. The van der Waals surface area contributed by atoms with E-state index in [0.717, 1.165) is 12.3 Å². The molecule has 1 heterocycles. The molecule has 1 aromatic carbocycles. The Bertz CT molecular complexity index is 398. The minimum atomic E-state index is 0.235. The number of nitrogens with one attached hydrogen (secondary N) is 1. The summed E-state index contributed by atoms with van der Waals surface area (Å²) in [7, 11) is 0. The molecule has 1 aromatic rings. The van der Waals surface area contributed by atoms with E-state index in [4.69, 9.17) is 4.74 Å². The Morgan fingerprint density at radius 3 is 2.57 bits per heavy atom. The summed E-state index contributed by atoms with van der Waals surface area (Å²) in [5.41, 5.74) is 1.40. The van der Waals surface area contributed by atoms with Gasteiger partial charge in [-0.15, -0.1) is 0 Å². The van der Waals surface area contributed by atoms with Crippen molar-refractivity contribution in [3.8, 4) is 5.75 Å². The zero-order valence-electron chi connectivity index (χ0n) is 13.6. The SMILES string of the molecule is CCCNC(c1ccc(OC(C)C)cc1)C1CCCCS1. The molecule has 0 saturated carbocycles. The van der Waals surface area contributed by atoms with Gasteiger partial charge in [0.05, 0.1) is 6.10 Å². The highest BCUT2D eigenvalue weighted by atomic mass is 32.2. The molecule has 0 amide bonds. The van der Waals surface area contributed by atoms with Gasteiger partial charge < -0.3 is 10.1 Å². The van der Waals surface area contributed by atoms with Crippen LogP contribution in [0, 0.1) is 0 Å². The predicted octanol–water partition coefficient (Wildman–Crippen LogP) is 4.80. The van der Waals surface area contributed by atoms with Crippen LogP contribution in [0.2, 0.25) is 0 Å². The molecule has 0 aromatic heterocycles. The third-order valence-corrected chi connectivity index (χ3v) is 5.27. The van der Waals surface area contributed by atoms with Crippen LogP contribution in [-0.4, -0.2) is 23.7 Å². The van der Waals surface area contributed by atoms with Gasteiger partial charge in [-0.1, -0.05) is 25.5 Å². The van der Waals surface area contributed by atoms with Crippen LogP contribution < -0.4 is 10.1 Å². The second-order valence-corrected chi connectivity index (χ2v) is 7.42. The Labute approximate surface area is 134 Å². The van der Waals surface area contributed by atoms with E-state index >= 15 is 0 Å². The van der Waals surface area contributed by atoms with Crippen molar-refractivity contribution in [2.45, 2.75) is 63.9 Å². The van der Waals surface area contributed by atoms with E-state index in [0.29, 0.717) is 11.3 Å². The minimum Gasteiger partial charge on any atom is -0.491 e. The topological polar surface area (TPSA) is 21.3 Å². The van der Waals surface area contributed by atoms with E-state index in [9.17, 15) is 0 Å². The van der Waals surface area contributed by atoms with Crippen LogP contribution in [-0.2, 0) is 0 Å². The fraction of sp³-hybridized carbons (Fsp3) is 0.667. The maximum absolute atomic E-state index is 5.75. The molecule has 1 N–H and O–H groups in total. The van der Waals surface area contributed by atoms with E-state index in [2.05, 4.69) is 62.1 Å². The average molecular weight is 308 g/mol. The molecule has 1 aliphatic heterocycles. The van der Waals surface area contributed by atoms with Gasteiger partial charge in [0.1, 0.15) is 5.75 Å². The van der Waals surface area contributed by atoms with Crippen molar-refractivity contribution in [2.24, 2.45) is 0 Å². The van der Waals surface area contributed by atoms with Crippen LogP contribution in [0.25, 0.3) is 0 Å². The van der Waals surface area contributed by atoms with Crippen LogP contribution in [0.5, 0.6) is 5.75 Å². The second kappa shape index (κ2) is 8.70. The third-order valence-electron chi connectivity index (χ3n) is 3.81. The quantitative estimate of drug-likeness (QED) is 0.782. The van der Waals surface area contributed by atoms with Crippen LogP contribution in [0.3, 0.4) is 0 Å². The molecule has 2 rings (SSSR count). The van der Waals surface area contributed by atoms with Crippen molar-refractivity contribution in [3.05, 3.63) is 29.8 Å². The molecule has 1 fully saturated rings. The van der Waals surface area contributed by atoms with Gasteiger partial charge in [0, 0.05) is 11.3 Å². The van der Waals surface area contributed by atoms with E-state index in [1.807, 2.05) is 0 Å². The van der Waals surface area contributed by atoms with Gasteiger partial charge in [-0.3, -0.25) is 0 Å². The van der Waals surface area contributed by atoms with Crippen molar-refractivity contribution in [2.75, 3.05) is 12.3 Å². The van der Waals surface area contributed by atoms with E-state index in [1.165, 1.54) is 37.0 Å². The Kier molecular flexibility index (Phi) is 6.91. The number of hydrogen-bond donors (Lipinski definition) is 1. The van der Waals surface area contributed by atoms with E-state index < -0.39 is 0 Å². The lowest BCUT2D eigenvalue weighted by molar-refractivity contribution is 0.242. The fourth-order valence-electron chi connectivity index (χ4n) is 2.82.